The van der Waals surface area contributed by atoms with E-state index in [1.807, 2.05) is 54.7 Å². The van der Waals surface area contributed by atoms with Crippen LogP contribution in [0.25, 0.3) is 17.0 Å². The van der Waals surface area contributed by atoms with Crippen molar-refractivity contribution in [1.29, 1.82) is 0 Å². The molecule has 164 valence electrons. The molecular weight excluding hydrogens is 426 g/mol. The Labute approximate surface area is 189 Å². The second kappa shape index (κ2) is 9.74. The molecule has 2 heterocycles. The van der Waals surface area contributed by atoms with Crippen LogP contribution in [0.4, 0.5) is 4.79 Å². The Hall–Kier alpha value is -3.52. The summed E-state index contributed by atoms with van der Waals surface area (Å²) in [4.78, 5) is 41.7. The summed E-state index contributed by atoms with van der Waals surface area (Å²) >= 11 is 0.903. The number of carbonyl (C=O) groups excluding carboxylic acids is 3. The van der Waals surface area contributed by atoms with E-state index in [1.165, 1.54) is 0 Å². The first-order chi connectivity index (χ1) is 15.5. The topological polar surface area (TPSA) is 91.5 Å². The molecule has 3 aromatic rings. The quantitative estimate of drug-likeness (QED) is 0.508. The number of nitrogens with zero attached hydrogens (tertiary/aromatic N) is 1. The Balaban J connectivity index is 1.27. The lowest BCUT2D eigenvalue weighted by atomic mass is 10.1. The lowest BCUT2D eigenvalue weighted by molar-refractivity contribution is -0.124. The van der Waals surface area contributed by atoms with Crippen molar-refractivity contribution < 1.29 is 19.1 Å². The number of aromatic amines is 1. The summed E-state index contributed by atoms with van der Waals surface area (Å²) in [6, 6.07) is 15.2. The van der Waals surface area contributed by atoms with Crippen LogP contribution < -0.4 is 10.1 Å². The van der Waals surface area contributed by atoms with E-state index in [9.17, 15) is 14.4 Å². The fourth-order valence-electron chi connectivity index (χ4n) is 3.53. The van der Waals surface area contributed by atoms with E-state index in [0.717, 1.165) is 44.4 Å². The molecule has 2 N–H and O–H groups in total. The van der Waals surface area contributed by atoms with Crippen LogP contribution in [-0.2, 0) is 16.0 Å². The zero-order valence-electron chi connectivity index (χ0n) is 17.6. The maximum atomic E-state index is 12.5. The van der Waals surface area contributed by atoms with Crippen LogP contribution >= 0.6 is 11.8 Å². The number of amides is 3. The van der Waals surface area contributed by atoms with Crippen molar-refractivity contribution in [3.05, 3.63) is 70.8 Å². The van der Waals surface area contributed by atoms with Crippen molar-refractivity contribution in [3.8, 4) is 5.75 Å². The fourth-order valence-corrected chi connectivity index (χ4v) is 4.40. The van der Waals surface area contributed by atoms with Gasteiger partial charge in [-0.15, -0.1) is 0 Å². The van der Waals surface area contributed by atoms with Gasteiger partial charge in [-0.05, 0) is 47.5 Å². The zero-order chi connectivity index (χ0) is 22.5. The predicted octanol–water partition coefficient (Wildman–Crippen LogP) is 3.96. The monoisotopic (exact) mass is 449 g/mol. The summed E-state index contributed by atoms with van der Waals surface area (Å²) in [6.07, 6.45) is 4.36. The molecular formula is C24H23N3O4S. The second-order valence-electron chi connectivity index (χ2n) is 7.32. The third kappa shape index (κ3) is 4.86. The van der Waals surface area contributed by atoms with Crippen molar-refractivity contribution in [2.45, 2.75) is 12.8 Å². The first-order valence-corrected chi connectivity index (χ1v) is 11.1. The van der Waals surface area contributed by atoms with E-state index >= 15 is 0 Å². The predicted molar refractivity (Wildman–Crippen MR) is 125 cm³/mol. The van der Waals surface area contributed by atoms with Gasteiger partial charge in [-0.25, -0.2) is 0 Å². The second-order valence-corrected chi connectivity index (χ2v) is 8.31. The highest BCUT2D eigenvalue weighted by atomic mass is 32.2. The zero-order valence-corrected chi connectivity index (χ0v) is 18.4. The number of nitrogens with one attached hydrogen (secondary N) is 2. The third-order valence-corrected chi connectivity index (χ3v) is 6.13. The summed E-state index contributed by atoms with van der Waals surface area (Å²) in [7, 11) is 1.63. The summed E-state index contributed by atoms with van der Waals surface area (Å²) in [5.41, 5.74) is 2.93. The van der Waals surface area contributed by atoms with Crippen LogP contribution in [0.2, 0.25) is 0 Å². The van der Waals surface area contributed by atoms with E-state index in [0.29, 0.717) is 17.9 Å². The minimum absolute atomic E-state index is 0.0650. The van der Waals surface area contributed by atoms with Gasteiger partial charge < -0.3 is 15.0 Å². The van der Waals surface area contributed by atoms with Gasteiger partial charge in [0.25, 0.3) is 11.1 Å². The smallest absolute Gasteiger partial charge is 0.293 e. The molecule has 0 aliphatic carbocycles. The number of imide groups is 1. The molecule has 0 bridgehead atoms. The number of carbonyl (C=O) groups is 3. The molecule has 8 heteroatoms. The maximum absolute atomic E-state index is 12.5. The molecule has 4 rings (SSSR count). The molecule has 0 unspecified atom stereocenters. The average molecular weight is 450 g/mol. The van der Waals surface area contributed by atoms with E-state index < -0.39 is 0 Å². The van der Waals surface area contributed by atoms with Gasteiger partial charge in [-0.1, -0.05) is 30.3 Å². The van der Waals surface area contributed by atoms with E-state index in [-0.39, 0.29) is 30.0 Å². The molecule has 2 aromatic carbocycles. The van der Waals surface area contributed by atoms with Gasteiger partial charge in [0.1, 0.15) is 5.75 Å². The minimum atomic E-state index is -0.356. The number of fused-ring (bicyclic) bond motifs is 1. The number of hydrogen-bond donors (Lipinski definition) is 2. The number of methoxy groups -OCH3 is 1. The Morgan fingerprint density at radius 1 is 1.19 bits per heavy atom. The Kier molecular flexibility index (Phi) is 6.61. The number of ether oxygens (including phenoxy) is 1. The number of benzene rings is 2. The number of rotatable bonds is 8. The highest BCUT2D eigenvalue weighted by Gasteiger charge is 2.34. The van der Waals surface area contributed by atoms with Gasteiger partial charge >= 0.3 is 0 Å². The Morgan fingerprint density at radius 2 is 2.00 bits per heavy atom. The Morgan fingerprint density at radius 3 is 2.78 bits per heavy atom. The Bertz CT molecular complexity index is 1190. The van der Waals surface area contributed by atoms with E-state index in [1.54, 1.807) is 13.2 Å². The minimum Gasteiger partial charge on any atom is -0.497 e. The molecule has 1 saturated heterocycles. The molecule has 32 heavy (non-hydrogen) atoms. The normalized spacial score (nSPS) is 15.0. The van der Waals surface area contributed by atoms with Gasteiger partial charge in [-0.2, -0.15) is 0 Å². The highest BCUT2D eigenvalue weighted by molar-refractivity contribution is 8.18. The van der Waals surface area contributed by atoms with Gasteiger partial charge in [0.05, 0.1) is 12.0 Å². The van der Waals surface area contributed by atoms with Crippen molar-refractivity contribution in [2.24, 2.45) is 0 Å². The van der Waals surface area contributed by atoms with Gasteiger partial charge in [0, 0.05) is 42.7 Å². The summed E-state index contributed by atoms with van der Waals surface area (Å²) < 4.78 is 5.23. The summed E-state index contributed by atoms with van der Waals surface area (Å²) in [5.74, 6) is 0.230. The van der Waals surface area contributed by atoms with Gasteiger partial charge in [-0.3, -0.25) is 19.3 Å². The standard InChI is InChI=1S/C24H23N3O4S/c1-31-18-7-8-19-17(15-26-20(19)14-18)9-11-25-22(28)10-12-27-23(29)21(32-24(27)30)13-16-5-3-2-4-6-16/h2-8,13-15,26H,9-12H2,1H3,(H,25,28)/b21-13+. The lowest BCUT2D eigenvalue weighted by Gasteiger charge is -2.12. The third-order valence-electron chi connectivity index (χ3n) is 5.22. The average Bonchev–Trinajstić information content (AvgIpc) is 3.32. The number of hydrogen-bond acceptors (Lipinski definition) is 5. The van der Waals surface area contributed by atoms with Gasteiger partial charge in [0.15, 0.2) is 0 Å². The SMILES string of the molecule is COc1ccc2c(CCNC(=O)CCN3C(=O)S/C(=C/c4ccccc4)C3=O)c[nH]c2c1. The van der Waals surface area contributed by atoms with Crippen LogP contribution in [0.1, 0.15) is 17.5 Å². The van der Waals surface area contributed by atoms with Gasteiger partial charge in [0.2, 0.25) is 5.91 Å². The van der Waals surface area contributed by atoms with Crippen LogP contribution in [-0.4, -0.2) is 47.1 Å². The molecule has 0 spiro atoms. The molecule has 0 saturated carbocycles. The highest BCUT2D eigenvalue weighted by Crippen LogP contribution is 2.32. The first kappa shape index (κ1) is 21.7. The molecule has 1 aliphatic rings. The molecule has 1 aromatic heterocycles. The lowest BCUT2D eigenvalue weighted by Crippen LogP contribution is -2.34. The molecule has 0 atom stereocenters. The fraction of sp³-hybridized carbons (Fsp3) is 0.208. The molecule has 1 fully saturated rings. The molecule has 1 aliphatic heterocycles. The van der Waals surface area contributed by atoms with Crippen molar-refractivity contribution in [2.75, 3.05) is 20.2 Å². The first-order valence-electron chi connectivity index (χ1n) is 10.3. The number of thioether (sulfide) groups is 1. The summed E-state index contributed by atoms with van der Waals surface area (Å²) in [5, 5.41) is 3.60. The maximum Gasteiger partial charge on any atom is 0.293 e. The number of aromatic nitrogens is 1. The van der Waals surface area contributed by atoms with E-state index in [4.69, 9.17) is 4.74 Å². The van der Waals surface area contributed by atoms with Crippen LogP contribution in [0.5, 0.6) is 5.75 Å². The van der Waals surface area contributed by atoms with Crippen molar-refractivity contribution in [3.63, 3.8) is 0 Å². The van der Waals surface area contributed by atoms with E-state index in [2.05, 4.69) is 10.3 Å². The molecule has 7 nitrogen and oxygen atoms in total. The van der Waals surface area contributed by atoms with Crippen LogP contribution in [0.15, 0.2) is 59.6 Å². The largest absolute Gasteiger partial charge is 0.497 e. The molecule has 3 amide bonds. The van der Waals surface area contributed by atoms with Crippen molar-refractivity contribution >= 4 is 45.8 Å². The number of H-pyrrole nitrogens is 1. The van der Waals surface area contributed by atoms with Crippen LogP contribution in [0, 0.1) is 0 Å². The molecule has 0 radical (unpaired) electrons. The van der Waals surface area contributed by atoms with Crippen LogP contribution in [0.3, 0.4) is 0 Å². The van der Waals surface area contributed by atoms with Crippen molar-refractivity contribution in [1.82, 2.24) is 15.2 Å². The summed E-state index contributed by atoms with van der Waals surface area (Å²) in [6.45, 7) is 0.531.